The lowest BCUT2D eigenvalue weighted by atomic mass is 9.86. The highest BCUT2D eigenvalue weighted by molar-refractivity contribution is 7.13. The molecule has 0 spiro atoms. The van der Waals surface area contributed by atoms with Gasteiger partial charge in [0.15, 0.2) is 10.9 Å². The summed E-state index contributed by atoms with van der Waals surface area (Å²) in [7, 11) is 0. The number of fused-ring (bicyclic) bond motifs is 1. The van der Waals surface area contributed by atoms with Gasteiger partial charge in [-0.3, -0.25) is 34.6 Å². The van der Waals surface area contributed by atoms with Crippen molar-refractivity contribution in [1.29, 1.82) is 0 Å². The van der Waals surface area contributed by atoms with Crippen molar-refractivity contribution in [3.05, 3.63) is 123 Å². The first kappa shape index (κ1) is 34.4. The summed E-state index contributed by atoms with van der Waals surface area (Å²) < 4.78 is 5.91. The van der Waals surface area contributed by atoms with E-state index in [1.54, 1.807) is 36.7 Å². The minimum atomic E-state index is -1.46. The highest BCUT2D eigenvalue weighted by atomic mass is 32.1. The molecule has 5 rings (SSSR count). The molecule has 14 heteroatoms. The number of thiazole rings is 1. The number of carbonyl (C=O) groups excluding carboxylic acids is 2. The molecule has 0 aliphatic heterocycles. The number of carbonyl (C=O) groups is 4. The quantitative estimate of drug-likeness (QED) is 0.0825. The molecule has 0 aliphatic rings. The maximum Gasteiger partial charge on any atom is 0.307 e. The number of aromatic nitrogens is 1. The SMILES string of the molecule is CC(C(Cc1ccc(C(=O)Nc2nccs2)o1)c1ccc([N+](=O)[O-])cc1)N(Cc1ccc2ccccc2c1)C(=O)CC(CC(=O)O)C(=O)O. The van der Waals surface area contributed by atoms with Crippen LogP contribution >= 0.6 is 11.3 Å². The second kappa shape index (κ2) is 15.3. The van der Waals surface area contributed by atoms with E-state index in [0.29, 0.717) is 16.5 Å². The topological polar surface area (TPSA) is 193 Å². The minimum absolute atomic E-state index is 0.0300. The molecule has 3 atom stereocenters. The smallest absolute Gasteiger partial charge is 0.307 e. The number of benzene rings is 3. The summed E-state index contributed by atoms with van der Waals surface area (Å²) in [5.74, 6) is -5.43. The van der Waals surface area contributed by atoms with Crippen molar-refractivity contribution in [2.45, 2.75) is 44.7 Å². The van der Waals surface area contributed by atoms with E-state index in [4.69, 9.17) is 4.42 Å². The van der Waals surface area contributed by atoms with E-state index in [-0.39, 0.29) is 24.4 Å². The van der Waals surface area contributed by atoms with Gasteiger partial charge in [0.05, 0.1) is 17.3 Å². The Morgan fingerprint density at radius 2 is 1.71 bits per heavy atom. The second-order valence-corrected chi connectivity index (χ2v) is 12.4. The first-order valence-electron chi connectivity index (χ1n) is 15.2. The van der Waals surface area contributed by atoms with Crippen molar-refractivity contribution in [2.75, 3.05) is 5.32 Å². The van der Waals surface area contributed by atoms with Crippen LogP contribution in [0.4, 0.5) is 10.8 Å². The molecule has 13 nitrogen and oxygen atoms in total. The number of nitrogens with zero attached hydrogens (tertiary/aromatic N) is 3. The molecule has 0 saturated heterocycles. The van der Waals surface area contributed by atoms with Crippen molar-refractivity contribution in [2.24, 2.45) is 5.92 Å². The first-order valence-corrected chi connectivity index (χ1v) is 16.1. The number of carboxylic acid groups (broad SMARTS) is 2. The summed E-state index contributed by atoms with van der Waals surface area (Å²) in [6.45, 7) is 1.84. The Bertz CT molecular complexity index is 1970. The average molecular weight is 685 g/mol. The molecule has 0 fully saturated rings. The van der Waals surface area contributed by atoms with Gasteiger partial charge < -0.3 is 19.5 Å². The van der Waals surface area contributed by atoms with Gasteiger partial charge in [-0.2, -0.15) is 0 Å². The fourth-order valence-electron chi connectivity index (χ4n) is 5.68. The number of rotatable bonds is 15. The van der Waals surface area contributed by atoms with Crippen LogP contribution in [0, 0.1) is 16.0 Å². The molecule has 2 amide bonds. The van der Waals surface area contributed by atoms with Crippen LogP contribution < -0.4 is 5.32 Å². The zero-order valence-corrected chi connectivity index (χ0v) is 27.0. The largest absolute Gasteiger partial charge is 0.481 e. The predicted molar refractivity (Wildman–Crippen MR) is 180 cm³/mol. The van der Waals surface area contributed by atoms with Crippen molar-refractivity contribution in [1.82, 2.24) is 9.88 Å². The van der Waals surface area contributed by atoms with E-state index in [9.17, 15) is 39.5 Å². The molecular weight excluding hydrogens is 652 g/mol. The summed E-state index contributed by atoms with van der Waals surface area (Å²) in [6, 6.07) is 21.7. The number of furan rings is 1. The van der Waals surface area contributed by atoms with Crippen LogP contribution in [0.5, 0.6) is 0 Å². The maximum absolute atomic E-state index is 14.0. The second-order valence-electron chi connectivity index (χ2n) is 11.5. The molecule has 3 aromatic carbocycles. The van der Waals surface area contributed by atoms with Gasteiger partial charge in [0, 0.05) is 55.1 Å². The molecule has 0 aliphatic carbocycles. The highest BCUT2D eigenvalue weighted by Crippen LogP contribution is 2.32. The Balaban J connectivity index is 1.51. The molecule has 2 heterocycles. The van der Waals surface area contributed by atoms with Crippen LogP contribution in [-0.2, 0) is 27.3 Å². The van der Waals surface area contributed by atoms with Crippen LogP contribution in [0.3, 0.4) is 0 Å². The monoisotopic (exact) mass is 684 g/mol. The third kappa shape index (κ3) is 8.73. The van der Waals surface area contributed by atoms with E-state index < -0.39 is 59.4 Å². The molecule has 3 unspecified atom stereocenters. The third-order valence-electron chi connectivity index (χ3n) is 8.24. The zero-order chi connectivity index (χ0) is 35.1. The van der Waals surface area contributed by atoms with Gasteiger partial charge in [-0.15, -0.1) is 11.3 Å². The van der Waals surface area contributed by atoms with Gasteiger partial charge in [0.1, 0.15) is 5.76 Å². The highest BCUT2D eigenvalue weighted by Gasteiger charge is 2.33. The minimum Gasteiger partial charge on any atom is -0.481 e. The number of nitro groups is 1. The van der Waals surface area contributed by atoms with Gasteiger partial charge >= 0.3 is 11.9 Å². The van der Waals surface area contributed by atoms with Crippen molar-refractivity contribution in [3.63, 3.8) is 0 Å². The summed E-state index contributed by atoms with van der Waals surface area (Å²) in [6.07, 6.45) is 0.412. The molecule has 0 radical (unpaired) electrons. The lowest BCUT2D eigenvalue weighted by Gasteiger charge is -2.36. The number of amides is 2. The number of anilines is 1. The Hall–Kier alpha value is -5.89. The summed E-state index contributed by atoms with van der Waals surface area (Å²) >= 11 is 1.24. The molecule has 2 aromatic heterocycles. The standard InChI is InChI=1S/C35H32N4O9S/c1-21(38(31(40)17-26(34(44)45)18-32(41)42)20-22-6-7-23-4-2-3-5-25(23)16-22)29(24-8-10-27(11-9-24)39(46)47)19-28-12-13-30(48-28)33(43)37-35-36-14-15-49-35/h2-16,21,26,29H,17-20H2,1H3,(H,41,42)(H,44,45)(H,36,37,43). The van der Waals surface area contributed by atoms with E-state index in [1.165, 1.54) is 34.4 Å². The van der Waals surface area contributed by atoms with E-state index >= 15 is 0 Å². The van der Waals surface area contributed by atoms with Gasteiger partial charge in [-0.05, 0) is 47.0 Å². The number of hydrogen-bond acceptors (Lipinski definition) is 9. The van der Waals surface area contributed by atoms with Crippen LogP contribution in [0.1, 0.15) is 53.1 Å². The lowest BCUT2D eigenvalue weighted by Crippen LogP contribution is -2.43. The Kier molecular flexibility index (Phi) is 10.8. The summed E-state index contributed by atoms with van der Waals surface area (Å²) in [4.78, 5) is 66.7. The number of hydrogen-bond donors (Lipinski definition) is 3. The molecule has 5 aromatic rings. The van der Waals surface area contributed by atoms with Gasteiger partial charge in [-0.25, -0.2) is 4.98 Å². The third-order valence-corrected chi connectivity index (χ3v) is 8.93. The van der Waals surface area contributed by atoms with E-state index in [2.05, 4.69) is 10.3 Å². The Morgan fingerprint density at radius 1 is 0.980 bits per heavy atom. The zero-order valence-electron chi connectivity index (χ0n) is 26.2. The summed E-state index contributed by atoms with van der Waals surface area (Å²) in [5, 5.41) is 37.2. The number of nitrogens with one attached hydrogen (secondary N) is 1. The van der Waals surface area contributed by atoms with Crippen LogP contribution in [0.25, 0.3) is 10.8 Å². The van der Waals surface area contributed by atoms with Crippen LogP contribution in [0.2, 0.25) is 0 Å². The number of carboxylic acids is 2. The van der Waals surface area contributed by atoms with Gasteiger partial charge in [0.2, 0.25) is 5.91 Å². The first-order chi connectivity index (χ1) is 23.5. The number of non-ortho nitro benzene ring substituents is 1. The fraction of sp³-hybridized carbons (Fsp3) is 0.229. The van der Waals surface area contributed by atoms with Crippen molar-refractivity contribution >= 4 is 56.7 Å². The molecule has 0 saturated carbocycles. The molecular formula is C35H32N4O9S. The van der Waals surface area contributed by atoms with E-state index in [0.717, 1.165) is 16.3 Å². The fourth-order valence-corrected chi connectivity index (χ4v) is 6.20. The molecule has 252 valence electrons. The number of aliphatic carboxylic acids is 2. The van der Waals surface area contributed by atoms with Crippen molar-refractivity contribution < 1.29 is 38.7 Å². The Morgan fingerprint density at radius 3 is 2.37 bits per heavy atom. The maximum atomic E-state index is 14.0. The van der Waals surface area contributed by atoms with Crippen molar-refractivity contribution in [3.8, 4) is 0 Å². The van der Waals surface area contributed by atoms with E-state index in [1.807, 2.05) is 42.5 Å². The lowest BCUT2D eigenvalue weighted by molar-refractivity contribution is -0.384. The van der Waals surface area contributed by atoms with Crippen LogP contribution in [0.15, 0.2) is 94.9 Å². The molecule has 0 bridgehead atoms. The van der Waals surface area contributed by atoms with Crippen LogP contribution in [-0.4, -0.2) is 54.8 Å². The predicted octanol–water partition coefficient (Wildman–Crippen LogP) is 6.36. The molecule has 49 heavy (non-hydrogen) atoms. The van der Waals surface area contributed by atoms with Gasteiger partial charge in [-0.1, -0.05) is 48.5 Å². The molecule has 3 N–H and O–H groups in total. The van der Waals surface area contributed by atoms with Gasteiger partial charge in [0.25, 0.3) is 11.6 Å². The number of nitro benzene ring substituents is 1. The average Bonchev–Trinajstić information content (AvgIpc) is 3.78. The summed E-state index contributed by atoms with van der Waals surface area (Å²) in [5.41, 5.74) is 1.25. The Labute approximate surface area is 284 Å². The normalized spacial score (nSPS) is 12.9.